The zero-order chi connectivity index (χ0) is 21.5. The number of carbonyl (C=O) groups excluding carboxylic acids is 1. The Kier molecular flexibility index (Phi) is 6.35. The highest BCUT2D eigenvalue weighted by molar-refractivity contribution is 5.87. The van der Waals surface area contributed by atoms with Crippen LogP contribution in [0.25, 0.3) is 0 Å². The lowest BCUT2D eigenvalue weighted by Gasteiger charge is -2.39. The van der Waals surface area contributed by atoms with Crippen molar-refractivity contribution in [2.45, 2.75) is 49.3 Å². The number of hydrogen-bond donors (Lipinski definition) is 0. The Labute approximate surface area is 135 Å². The molecule has 1 atom stereocenters. The fourth-order valence-electron chi connectivity index (χ4n) is 1.16. The summed E-state index contributed by atoms with van der Waals surface area (Å²) < 4.78 is 169. The third kappa shape index (κ3) is 3.43. The topological polar surface area (TPSA) is 26.3 Å². The summed E-state index contributed by atoms with van der Waals surface area (Å²) in [6.07, 6.45) is -10.7. The summed E-state index contributed by atoms with van der Waals surface area (Å²) >= 11 is 0. The SMILES string of the molecule is C=C(C)C(=O)OC(F)C(F)(F)C(F)(F)C(F)(F)C(F)(F)C(F)(F)C(F)F. The molecular formula is C11H7F13O2. The van der Waals surface area contributed by atoms with Gasteiger partial charge < -0.3 is 4.74 Å². The van der Waals surface area contributed by atoms with E-state index in [0.717, 1.165) is 0 Å². The summed E-state index contributed by atoms with van der Waals surface area (Å²) in [7, 11) is 0. The highest BCUT2D eigenvalue weighted by Crippen LogP contribution is 2.59. The fraction of sp³-hybridized carbons (Fsp3) is 0.727. The molecule has 0 bridgehead atoms. The van der Waals surface area contributed by atoms with Crippen LogP contribution >= 0.6 is 0 Å². The number of ether oxygens (including phenoxy) is 1. The quantitative estimate of drug-likeness (QED) is 0.320. The van der Waals surface area contributed by atoms with Gasteiger partial charge in [0.2, 0.25) is 0 Å². The van der Waals surface area contributed by atoms with Crippen LogP contribution in [-0.4, -0.2) is 48.4 Å². The summed E-state index contributed by atoms with van der Waals surface area (Å²) in [4.78, 5) is 10.7. The molecule has 0 aliphatic heterocycles. The fourth-order valence-corrected chi connectivity index (χ4v) is 1.16. The largest absolute Gasteiger partial charge is 0.421 e. The minimum Gasteiger partial charge on any atom is -0.421 e. The second-order valence-corrected chi connectivity index (χ2v) is 4.77. The first-order valence-corrected chi connectivity index (χ1v) is 5.87. The molecule has 0 spiro atoms. The molecule has 0 saturated heterocycles. The van der Waals surface area contributed by atoms with Crippen molar-refractivity contribution in [3.8, 4) is 0 Å². The Hall–Kier alpha value is -1.70. The number of alkyl halides is 13. The van der Waals surface area contributed by atoms with E-state index in [1.165, 1.54) is 0 Å². The molecule has 0 saturated carbocycles. The van der Waals surface area contributed by atoms with E-state index in [4.69, 9.17) is 0 Å². The van der Waals surface area contributed by atoms with Gasteiger partial charge in [0, 0.05) is 5.57 Å². The first-order chi connectivity index (χ1) is 11.2. The maximum absolute atomic E-state index is 13.2. The van der Waals surface area contributed by atoms with Crippen LogP contribution in [0, 0.1) is 0 Å². The predicted octanol–water partition coefficient (Wildman–Crippen LogP) is 4.84. The van der Waals surface area contributed by atoms with Crippen LogP contribution in [0.3, 0.4) is 0 Å². The molecule has 0 heterocycles. The van der Waals surface area contributed by atoms with E-state index >= 15 is 0 Å². The average Bonchev–Trinajstić information content (AvgIpc) is 2.45. The van der Waals surface area contributed by atoms with Gasteiger partial charge in [0.1, 0.15) is 0 Å². The maximum Gasteiger partial charge on any atom is 0.385 e. The normalized spacial score (nSPS) is 15.8. The van der Waals surface area contributed by atoms with Crippen LogP contribution in [0.1, 0.15) is 6.92 Å². The van der Waals surface area contributed by atoms with Crippen molar-refractivity contribution in [3.05, 3.63) is 12.2 Å². The van der Waals surface area contributed by atoms with Crippen LogP contribution in [0.2, 0.25) is 0 Å². The van der Waals surface area contributed by atoms with Gasteiger partial charge in [-0.2, -0.15) is 48.3 Å². The molecule has 0 N–H and O–H groups in total. The minimum absolute atomic E-state index is 0.650. The van der Waals surface area contributed by atoms with Gasteiger partial charge >= 0.3 is 48.4 Å². The lowest BCUT2D eigenvalue weighted by molar-refractivity contribution is -0.425. The molecule has 0 aromatic rings. The van der Waals surface area contributed by atoms with E-state index < -0.39 is 53.9 Å². The molecule has 0 amide bonds. The molecule has 0 aromatic heterocycles. The minimum atomic E-state index is -7.90. The van der Waals surface area contributed by atoms with Crippen LogP contribution in [-0.2, 0) is 9.53 Å². The van der Waals surface area contributed by atoms with E-state index in [1.54, 1.807) is 0 Å². The van der Waals surface area contributed by atoms with Gasteiger partial charge in [-0.15, -0.1) is 0 Å². The van der Waals surface area contributed by atoms with Gasteiger partial charge in [0.05, 0.1) is 0 Å². The van der Waals surface area contributed by atoms with E-state index in [0.29, 0.717) is 6.92 Å². The lowest BCUT2D eigenvalue weighted by atomic mass is 9.94. The monoisotopic (exact) mass is 418 g/mol. The number of esters is 1. The van der Waals surface area contributed by atoms with Crippen LogP contribution in [0.15, 0.2) is 12.2 Å². The molecule has 0 radical (unpaired) electrons. The molecule has 0 rings (SSSR count). The van der Waals surface area contributed by atoms with E-state index in [-0.39, 0.29) is 0 Å². The molecule has 0 aromatic carbocycles. The van der Waals surface area contributed by atoms with Crippen molar-refractivity contribution < 1.29 is 66.6 Å². The molecule has 0 fully saturated rings. The molecule has 0 aliphatic rings. The van der Waals surface area contributed by atoms with Gasteiger partial charge in [0.15, 0.2) is 0 Å². The van der Waals surface area contributed by atoms with Gasteiger partial charge in [-0.25, -0.2) is 13.6 Å². The summed E-state index contributed by atoms with van der Waals surface area (Å²) in [6.45, 7) is 3.32. The first kappa shape index (κ1) is 24.3. The first-order valence-electron chi connectivity index (χ1n) is 5.87. The molecular weight excluding hydrogens is 411 g/mol. The molecule has 1 unspecified atom stereocenters. The van der Waals surface area contributed by atoms with Crippen molar-refractivity contribution in [1.82, 2.24) is 0 Å². The van der Waals surface area contributed by atoms with Gasteiger partial charge in [-0.1, -0.05) is 6.58 Å². The average molecular weight is 418 g/mol. The Morgan fingerprint density at radius 2 is 1.12 bits per heavy atom. The highest BCUT2D eigenvalue weighted by Gasteiger charge is 2.89. The van der Waals surface area contributed by atoms with Gasteiger partial charge in [-0.3, -0.25) is 0 Å². The van der Waals surface area contributed by atoms with Crippen LogP contribution in [0.5, 0.6) is 0 Å². The number of hydrogen-bond acceptors (Lipinski definition) is 2. The van der Waals surface area contributed by atoms with Crippen molar-refractivity contribution in [3.63, 3.8) is 0 Å². The summed E-state index contributed by atoms with van der Waals surface area (Å²) in [5.74, 6) is -39.8. The van der Waals surface area contributed by atoms with Gasteiger partial charge in [0.25, 0.3) is 0 Å². The van der Waals surface area contributed by atoms with Crippen molar-refractivity contribution in [1.29, 1.82) is 0 Å². The Morgan fingerprint density at radius 1 is 0.769 bits per heavy atom. The maximum atomic E-state index is 13.2. The Morgan fingerprint density at radius 3 is 1.42 bits per heavy atom. The van der Waals surface area contributed by atoms with Crippen molar-refractivity contribution in [2.24, 2.45) is 0 Å². The molecule has 15 heteroatoms. The third-order valence-corrected chi connectivity index (χ3v) is 2.74. The lowest BCUT2D eigenvalue weighted by Crippen LogP contribution is -2.70. The summed E-state index contributed by atoms with van der Waals surface area (Å²) in [5, 5.41) is 0. The van der Waals surface area contributed by atoms with Gasteiger partial charge in [-0.05, 0) is 6.92 Å². The number of rotatable bonds is 8. The van der Waals surface area contributed by atoms with E-state index in [9.17, 15) is 61.9 Å². The second-order valence-electron chi connectivity index (χ2n) is 4.77. The van der Waals surface area contributed by atoms with E-state index in [2.05, 4.69) is 11.3 Å². The smallest absolute Gasteiger partial charge is 0.385 e. The standard InChI is InChI=1S/C11H7F13O2/c1-3(2)4(25)26-6(14)8(17,18)10(21,22)11(23,24)9(19,20)7(15,16)5(12)13/h5-6H,1H2,2H3. The summed E-state index contributed by atoms with van der Waals surface area (Å²) in [5.41, 5.74) is -0.923. The number of carbonyl (C=O) groups is 1. The Balaban J connectivity index is 6.10. The molecule has 26 heavy (non-hydrogen) atoms. The zero-order valence-electron chi connectivity index (χ0n) is 12.1. The van der Waals surface area contributed by atoms with E-state index in [1.807, 2.05) is 0 Å². The van der Waals surface area contributed by atoms with Crippen molar-refractivity contribution >= 4 is 5.97 Å². The van der Waals surface area contributed by atoms with Crippen LogP contribution in [0.4, 0.5) is 57.1 Å². The third-order valence-electron chi connectivity index (χ3n) is 2.74. The Bertz CT molecular complexity index is 554. The molecule has 0 aliphatic carbocycles. The van der Waals surface area contributed by atoms with Crippen molar-refractivity contribution in [2.75, 3.05) is 0 Å². The second kappa shape index (κ2) is 6.79. The summed E-state index contributed by atoms with van der Waals surface area (Å²) in [6, 6.07) is 0. The highest BCUT2D eigenvalue weighted by atomic mass is 19.4. The molecule has 2 nitrogen and oxygen atoms in total. The predicted molar refractivity (Wildman–Crippen MR) is 56.5 cm³/mol. The number of halogens is 13. The zero-order valence-corrected chi connectivity index (χ0v) is 12.1. The molecule has 154 valence electrons. The van der Waals surface area contributed by atoms with Crippen LogP contribution < -0.4 is 0 Å².